The fourth-order valence-corrected chi connectivity index (χ4v) is 3.89. The quantitative estimate of drug-likeness (QED) is 0.771. The second-order valence-electron chi connectivity index (χ2n) is 9.18. The van der Waals surface area contributed by atoms with Gasteiger partial charge in [0.15, 0.2) is 0 Å². The van der Waals surface area contributed by atoms with Crippen molar-refractivity contribution in [3.8, 4) is 0 Å². The predicted octanol–water partition coefficient (Wildman–Crippen LogP) is 4.31. The van der Waals surface area contributed by atoms with Crippen molar-refractivity contribution in [1.29, 1.82) is 0 Å². The molecule has 162 valence electrons. The van der Waals surface area contributed by atoms with E-state index in [0.29, 0.717) is 13.1 Å². The average molecular weight is 411 g/mol. The van der Waals surface area contributed by atoms with Gasteiger partial charge in [-0.3, -0.25) is 4.90 Å². The van der Waals surface area contributed by atoms with E-state index in [2.05, 4.69) is 53.4 Å². The highest BCUT2D eigenvalue weighted by molar-refractivity contribution is 5.68. The number of amides is 1. The lowest BCUT2D eigenvalue weighted by Crippen LogP contribution is -2.50. The van der Waals surface area contributed by atoms with E-state index in [1.54, 1.807) is 4.90 Å². The number of nitrogens with zero attached hydrogens (tertiary/aromatic N) is 2. The molecule has 0 spiro atoms. The second kappa shape index (κ2) is 10.1. The molecule has 2 unspecified atom stereocenters. The van der Waals surface area contributed by atoms with Crippen molar-refractivity contribution < 1.29 is 14.6 Å². The Morgan fingerprint density at radius 3 is 2.03 bits per heavy atom. The van der Waals surface area contributed by atoms with Crippen molar-refractivity contribution in [1.82, 2.24) is 9.80 Å². The fraction of sp³-hybridized carbons (Fsp3) is 0.480. The first-order valence-corrected chi connectivity index (χ1v) is 10.8. The average Bonchev–Trinajstić information content (AvgIpc) is 2.69. The molecule has 0 aromatic heterocycles. The van der Waals surface area contributed by atoms with E-state index in [1.165, 1.54) is 11.1 Å². The molecule has 1 saturated heterocycles. The van der Waals surface area contributed by atoms with E-state index in [0.717, 1.165) is 26.1 Å². The van der Waals surface area contributed by atoms with Crippen LogP contribution in [0.4, 0.5) is 4.79 Å². The zero-order valence-electron chi connectivity index (χ0n) is 18.3. The van der Waals surface area contributed by atoms with Gasteiger partial charge in [0, 0.05) is 32.1 Å². The number of β-amino-alcohol motifs (C(OH)–C–C–N with tert-alkyl or cyclic N) is 1. The molecule has 0 radical (unpaired) electrons. The van der Waals surface area contributed by atoms with Gasteiger partial charge in [-0.1, -0.05) is 60.7 Å². The molecule has 2 aromatic rings. The van der Waals surface area contributed by atoms with Gasteiger partial charge < -0.3 is 14.7 Å². The summed E-state index contributed by atoms with van der Waals surface area (Å²) in [5.74, 6) is 0.121. The summed E-state index contributed by atoms with van der Waals surface area (Å²) in [6.07, 6.45) is -0.133. The maximum Gasteiger partial charge on any atom is 0.410 e. The summed E-state index contributed by atoms with van der Waals surface area (Å²) in [6.45, 7) is 8.96. The van der Waals surface area contributed by atoms with Crippen LogP contribution in [0.1, 0.15) is 38.3 Å². The van der Waals surface area contributed by atoms with Gasteiger partial charge in [0.05, 0.1) is 12.6 Å². The van der Waals surface area contributed by atoms with Gasteiger partial charge in [-0.15, -0.1) is 0 Å². The highest BCUT2D eigenvalue weighted by Gasteiger charge is 2.33. The van der Waals surface area contributed by atoms with Crippen LogP contribution in [-0.4, -0.2) is 52.3 Å². The van der Waals surface area contributed by atoms with Gasteiger partial charge in [0.25, 0.3) is 0 Å². The first-order valence-electron chi connectivity index (χ1n) is 10.8. The van der Waals surface area contributed by atoms with E-state index >= 15 is 0 Å². The molecule has 0 aliphatic carbocycles. The van der Waals surface area contributed by atoms with Crippen LogP contribution in [0.3, 0.4) is 0 Å². The Balaban J connectivity index is 1.63. The maximum absolute atomic E-state index is 12.4. The standard InChI is InChI=1S/C25H34N2O3/c1-25(2,3)30-24(29)27-15-14-22(23(28)19-27)18-26(16-20-10-6-4-7-11-20)17-21-12-8-5-9-13-21/h4-13,22-23,28H,14-19H2,1-3H3. The molecule has 3 rings (SSSR count). The first-order chi connectivity index (χ1) is 14.3. The van der Waals surface area contributed by atoms with E-state index < -0.39 is 11.7 Å². The van der Waals surface area contributed by atoms with Gasteiger partial charge in [0.2, 0.25) is 0 Å². The second-order valence-corrected chi connectivity index (χ2v) is 9.18. The molecule has 1 aliphatic heterocycles. The van der Waals surface area contributed by atoms with Crippen LogP contribution in [0.5, 0.6) is 0 Å². The van der Waals surface area contributed by atoms with Crippen LogP contribution in [-0.2, 0) is 17.8 Å². The molecule has 1 N–H and O–H groups in total. The summed E-state index contributed by atoms with van der Waals surface area (Å²) in [6, 6.07) is 20.9. The van der Waals surface area contributed by atoms with Crippen molar-refractivity contribution in [2.45, 2.75) is 52.0 Å². The number of piperidine rings is 1. The van der Waals surface area contributed by atoms with Crippen molar-refractivity contribution in [3.63, 3.8) is 0 Å². The number of aliphatic hydroxyl groups excluding tert-OH is 1. The lowest BCUT2D eigenvalue weighted by Gasteiger charge is -2.38. The van der Waals surface area contributed by atoms with Gasteiger partial charge >= 0.3 is 6.09 Å². The summed E-state index contributed by atoms with van der Waals surface area (Å²) in [4.78, 5) is 16.4. The predicted molar refractivity (Wildman–Crippen MR) is 119 cm³/mol. The highest BCUT2D eigenvalue weighted by Crippen LogP contribution is 2.23. The molecule has 1 heterocycles. The molecule has 1 amide bonds. The number of ether oxygens (including phenoxy) is 1. The first kappa shape index (κ1) is 22.3. The van der Waals surface area contributed by atoms with Crippen LogP contribution in [0.25, 0.3) is 0 Å². The monoisotopic (exact) mass is 410 g/mol. The Morgan fingerprint density at radius 2 is 1.57 bits per heavy atom. The van der Waals surface area contributed by atoms with E-state index in [4.69, 9.17) is 4.74 Å². The smallest absolute Gasteiger partial charge is 0.410 e. The lowest BCUT2D eigenvalue weighted by atomic mass is 9.93. The Bertz CT molecular complexity index is 748. The van der Waals surface area contributed by atoms with Crippen molar-refractivity contribution in [2.75, 3.05) is 19.6 Å². The molecule has 0 bridgehead atoms. The maximum atomic E-state index is 12.4. The minimum Gasteiger partial charge on any atom is -0.444 e. The molecule has 1 aliphatic rings. The van der Waals surface area contributed by atoms with Gasteiger partial charge in [-0.2, -0.15) is 0 Å². The Kier molecular flexibility index (Phi) is 7.51. The number of carbonyl (C=O) groups is 1. The zero-order valence-corrected chi connectivity index (χ0v) is 18.3. The normalized spacial score (nSPS) is 19.7. The molecule has 2 atom stereocenters. The summed E-state index contributed by atoms with van der Waals surface area (Å²) in [7, 11) is 0. The number of rotatable bonds is 6. The third-order valence-electron chi connectivity index (χ3n) is 5.36. The van der Waals surface area contributed by atoms with Gasteiger partial charge in [-0.05, 0) is 38.3 Å². The number of likely N-dealkylation sites (tertiary alicyclic amines) is 1. The largest absolute Gasteiger partial charge is 0.444 e. The molecule has 1 fully saturated rings. The van der Waals surface area contributed by atoms with Crippen molar-refractivity contribution >= 4 is 6.09 Å². The molecule has 0 saturated carbocycles. The van der Waals surface area contributed by atoms with Crippen LogP contribution in [0, 0.1) is 5.92 Å². The topological polar surface area (TPSA) is 53.0 Å². The number of benzene rings is 2. The fourth-order valence-electron chi connectivity index (χ4n) is 3.89. The Labute approximate surface area is 180 Å². The summed E-state index contributed by atoms with van der Waals surface area (Å²) in [5.41, 5.74) is 1.99. The number of carbonyl (C=O) groups excluding carboxylic acids is 1. The number of aliphatic hydroxyl groups is 1. The summed E-state index contributed by atoms with van der Waals surface area (Å²) in [5, 5.41) is 10.8. The van der Waals surface area contributed by atoms with Crippen LogP contribution in [0.15, 0.2) is 60.7 Å². The SMILES string of the molecule is CC(C)(C)OC(=O)N1CCC(CN(Cc2ccccc2)Cc2ccccc2)C(O)C1. The third kappa shape index (κ3) is 6.85. The summed E-state index contributed by atoms with van der Waals surface area (Å²) < 4.78 is 5.47. The van der Waals surface area contributed by atoms with Gasteiger partial charge in [-0.25, -0.2) is 4.79 Å². The molecular weight excluding hydrogens is 376 g/mol. The van der Waals surface area contributed by atoms with Crippen LogP contribution in [0.2, 0.25) is 0 Å². The minimum atomic E-state index is -0.555. The zero-order chi connectivity index (χ0) is 21.6. The highest BCUT2D eigenvalue weighted by atomic mass is 16.6. The van der Waals surface area contributed by atoms with E-state index in [1.807, 2.05) is 32.9 Å². The molecule has 5 nitrogen and oxygen atoms in total. The van der Waals surface area contributed by atoms with Crippen molar-refractivity contribution in [2.24, 2.45) is 5.92 Å². The van der Waals surface area contributed by atoms with Crippen molar-refractivity contribution in [3.05, 3.63) is 71.8 Å². The summed E-state index contributed by atoms with van der Waals surface area (Å²) >= 11 is 0. The molecular formula is C25H34N2O3. The minimum absolute atomic E-state index is 0.121. The molecule has 5 heteroatoms. The number of hydrogen-bond donors (Lipinski definition) is 1. The third-order valence-corrected chi connectivity index (χ3v) is 5.36. The van der Waals surface area contributed by atoms with E-state index in [-0.39, 0.29) is 12.0 Å². The molecule has 30 heavy (non-hydrogen) atoms. The number of hydrogen-bond acceptors (Lipinski definition) is 4. The van der Waals surface area contributed by atoms with E-state index in [9.17, 15) is 9.90 Å². The Morgan fingerprint density at radius 1 is 1.03 bits per heavy atom. The van der Waals surface area contributed by atoms with Crippen LogP contribution >= 0.6 is 0 Å². The lowest BCUT2D eigenvalue weighted by molar-refractivity contribution is -0.0200. The van der Waals surface area contributed by atoms with Crippen LogP contribution < -0.4 is 0 Å². The Hall–Kier alpha value is -2.37. The molecule has 2 aromatic carbocycles. The van der Waals surface area contributed by atoms with Gasteiger partial charge in [0.1, 0.15) is 5.60 Å².